The fourth-order valence-corrected chi connectivity index (χ4v) is 2.79. The highest BCUT2D eigenvalue weighted by Crippen LogP contribution is 2.23. The second-order valence-corrected chi connectivity index (χ2v) is 6.42. The van der Waals surface area contributed by atoms with Gasteiger partial charge in [-0.15, -0.1) is 0 Å². The number of halogens is 2. The van der Waals surface area contributed by atoms with Crippen LogP contribution in [0.2, 0.25) is 10.0 Å². The number of aryl methyl sites for hydroxylation is 1. The summed E-state index contributed by atoms with van der Waals surface area (Å²) in [5, 5.41) is 3.93. The van der Waals surface area contributed by atoms with E-state index >= 15 is 0 Å². The van der Waals surface area contributed by atoms with E-state index in [4.69, 9.17) is 23.2 Å². The molecular weight excluding hydrogens is 355 g/mol. The van der Waals surface area contributed by atoms with E-state index in [-0.39, 0.29) is 5.91 Å². The van der Waals surface area contributed by atoms with Crippen molar-refractivity contribution in [2.24, 2.45) is 0 Å². The molecule has 0 saturated heterocycles. The summed E-state index contributed by atoms with van der Waals surface area (Å²) < 4.78 is 0. The summed E-state index contributed by atoms with van der Waals surface area (Å²) in [6.07, 6.45) is 4.50. The van der Waals surface area contributed by atoms with Crippen LogP contribution in [-0.2, 0) is 11.2 Å². The summed E-state index contributed by atoms with van der Waals surface area (Å²) in [5.74, 6) is -0.0391. The van der Waals surface area contributed by atoms with E-state index in [1.807, 2.05) is 42.5 Å². The van der Waals surface area contributed by atoms with Crippen LogP contribution in [0.25, 0.3) is 11.1 Å². The van der Waals surface area contributed by atoms with Crippen molar-refractivity contribution >= 4 is 34.8 Å². The zero-order chi connectivity index (χ0) is 17.6. The van der Waals surface area contributed by atoms with E-state index in [0.717, 1.165) is 22.4 Å². The number of hydrogen-bond acceptors (Lipinski definition) is 2. The summed E-state index contributed by atoms with van der Waals surface area (Å²) in [6.45, 7) is 0. The molecule has 25 heavy (non-hydrogen) atoms. The molecule has 3 rings (SSSR count). The van der Waals surface area contributed by atoms with Crippen molar-refractivity contribution in [1.82, 2.24) is 4.98 Å². The van der Waals surface area contributed by atoms with Gasteiger partial charge in [0, 0.05) is 24.5 Å². The molecule has 3 nitrogen and oxygen atoms in total. The number of pyridine rings is 1. The number of hydrogen-bond donors (Lipinski definition) is 1. The molecule has 0 aliphatic rings. The van der Waals surface area contributed by atoms with Gasteiger partial charge in [0.1, 0.15) is 0 Å². The summed E-state index contributed by atoms with van der Waals surface area (Å²) in [7, 11) is 0. The number of carbonyl (C=O) groups excluding carboxylic acids is 1. The van der Waals surface area contributed by atoms with Gasteiger partial charge in [-0.25, -0.2) is 0 Å². The number of anilines is 1. The Bertz CT molecular complexity index is 865. The van der Waals surface area contributed by atoms with Gasteiger partial charge in [0.05, 0.1) is 10.0 Å². The lowest BCUT2D eigenvalue weighted by molar-refractivity contribution is -0.116. The molecule has 3 aromatic rings. The molecule has 2 aromatic carbocycles. The number of rotatable bonds is 5. The smallest absolute Gasteiger partial charge is 0.224 e. The third-order valence-corrected chi connectivity index (χ3v) is 4.55. The van der Waals surface area contributed by atoms with Gasteiger partial charge in [0.2, 0.25) is 5.91 Å². The molecule has 126 valence electrons. The highest BCUT2D eigenvalue weighted by atomic mass is 35.5. The van der Waals surface area contributed by atoms with Crippen molar-refractivity contribution in [3.63, 3.8) is 0 Å². The van der Waals surface area contributed by atoms with Gasteiger partial charge in [-0.2, -0.15) is 0 Å². The number of nitrogens with one attached hydrogen (secondary N) is 1. The predicted molar refractivity (Wildman–Crippen MR) is 103 cm³/mol. The highest BCUT2D eigenvalue weighted by molar-refractivity contribution is 6.42. The number of carbonyl (C=O) groups is 1. The monoisotopic (exact) mass is 370 g/mol. The van der Waals surface area contributed by atoms with Gasteiger partial charge < -0.3 is 5.32 Å². The topological polar surface area (TPSA) is 42.0 Å². The van der Waals surface area contributed by atoms with E-state index < -0.39 is 0 Å². The zero-order valence-corrected chi connectivity index (χ0v) is 14.9. The molecule has 0 aliphatic heterocycles. The number of aromatic nitrogens is 1. The van der Waals surface area contributed by atoms with Crippen LogP contribution >= 0.6 is 23.2 Å². The molecule has 0 bridgehead atoms. The standard InChI is InChI=1S/C20H16Cl2N2O/c21-18-7-1-14(13-19(18)22)2-8-20(25)24-17-5-3-15(4-6-17)16-9-11-23-12-10-16/h1,3-7,9-13H,2,8H2,(H,24,25). The van der Waals surface area contributed by atoms with Crippen LogP contribution in [0, 0.1) is 0 Å². The molecular formula is C20H16Cl2N2O. The first-order valence-corrected chi connectivity index (χ1v) is 8.61. The molecule has 0 radical (unpaired) electrons. The first-order valence-electron chi connectivity index (χ1n) is 7.86. The van der Waals surface area contributed by atoms with E-state index in [1.54, 1.807) is 24.5 Å². The fraction of sp³-hybridized carbons (Fsp3) is 0.100. The summed E-state index contributed by atoms with van der Waals surface area (Å²) in [5.41, 5.74) is 3.93. The zero-order valence-electron chi connectivity index (χ0n) is 13.4. The molecule has 0 fully saturated rings. The van der Waals surface area contributed by atoms with Gasteiger partial charge in [0.15, 0.2) is 0 Å². The molecule has 1 heterocycles. The first kappa shape index (κ1) is 17.5. The van der Waals surface area contributed by atoms with Crippen LogP contribution in [0.4, 0.5) is 5.69 Å². The number of nitrogens with zero attached hydrogens (tertiary/aromatic N) is 1. The van der Waals surface area contributed by atoms with Crippen molar-refractivity contribution < 1.29 is 4.79 Å². The Morgan fingerprint density at radius 2 is 1.56 bits per heavy atom. The third kappa shape index (κ3) is 4.81. The van der Waals surface area contributed by atoms with Gasteiger partial charge in [-0.1, -0.05) is 41.4 Å². The maximum Gasteiger partial charge on any atom is 0.224 e. The van der Waals surface area contributed by atoms with Crippen molar-refractivity contribution in [1.29, 1.82) is 0 Å². The predicted octanol–water partition coefficient (Wildman–Crippen LogP) is 5.63. The fourth-order valence-electron chi connectivity index (χ4n) is 2.47. The molecule has 0 saturated carbocycles. The van der Waals surface area contributed by atoms with Crippen LogP contribution in [0.1, 0.15) is 12.0 Å². The average molecular weight is 371 g/mol. The number of benzene rings is 2. The Hall–Kier alpha value is -2.36. The Balaban J connectivity index is 1.56. The van der Waals surface area contributed by atoms with Crippen LogP contribution in [0.15, 0.2) is 67.0 Å². The lowest BCUT2D eigenvalue weighted by atomic mass is 10.1. The highest BCUT2D eigenvalue weighted by Gasteiger charge is 2.06. The Kier molecular flexibility index (Phi) is 5.69. The Morgan fingerprint density at radius 1 is 0.880 bits per heavy atom. The van der Waals surface area contributed by atoms with Crippen molar-refractivity contribution in [3.8, 4) is 11.1 Å². The van der Waals surface area contributed by atoms with E-state index in [9.17, 15) is 4.79 Å². The molecule has 0 aliphatic carbocycles. The molecule has 0 unspecified atom stereocenters. The van der Waals surface area contributed by atoms with Crippen LogP contribution in [0.5, 0.6) is 0 Å². The van der Waals surface area contributed by atoms with Crippen LogP contribution < -0.4 is 5.32 Å². The van der Waals surface area contributed by atoms with Gasteiger partial charge in [-0.3, -0.25) is 9.78 Å². The lowest BCUT2D eigenvalue weighted by Gasteiger charge is -2.07. The van der Waals surface area contributed by atoms with Gasteiger partial charge in [0.25, 0.3) is 0 Å². The van der Waals surface area contributed by atoms with Crippen molar-refractivity contribution in [3.05, 3.63) is 82.6 Å². The normalized spacial score (nSPS) is 10.5. The second kappa shape index (κ2) is 8.15. The molecule has 0 spiro atoms. The van der Waals surface area contributed by atoms with Crippen molar-refractivity contribution in [2.45, 2.75) is 12.8 Å². The maximum absolute atomic E-state index is 12.1. The van der Waals surface area contributed by atoms with Gasteiger partial charge >= 0.3 is 0 Å². The first-order chi connectivity index (χ1) is 12.1. The minimum atomic E-state index is -0.0391. The van der Waals surface area contributed by atoms with E-state index in [0.29, 0.717) is 22.9 Å². The van der Waals surface area contributed by atoms with Crippen LogP contribution in [0.3, 0.4) is 0 Å². The van der Waals surface area contributed by atoms with Crippen LogP contribution in [-0.4, -0.2) is 10.9 Å². The average Bonchev–Trinajstić information content (AvgIpc) is 2.64. The Morgan fingerprint density at radius 3 is 2.24 bits per heavy atom. The Labute approximate surface area is 156 Å². The molecule has 1 amide bonds. The third-order valence-electron chi connectivity index (χ3n) is 3.81. The second-order valence-electron chi connectivity index (χ2n) is 5.61. The molecule has 0 atom stereocenters. The van der Waals surface area contributed by atoms with E-state index in [1.165, 1.54) is 0 Å². The minimum absolute atomic E-state index is 0.0391. The summed E-state index contributed by atoms with van der Waals surface area (Å²) >= 11 is 11.9. The minimum Gasteiger partial charge on any atom is -0.326 e. The summed E-state index contributed by atoms with van der Waals surface area (Å²) in [4.78, 5) is 16.1. The maximum atomic E-state index is 12.1. The largest absolute Gasteiger partial charge is 0.326 e. The van der Waals surface area contributed by atoms with Crippen molar-refractivity contribution in [2.75, 3.05) is 5.32 Å². The summed E-state index contributed by atoms with van der Waals surface area (Å²) in [6, 6.07) is 17.1. The molecule has 5 heteroatoms. The molecule has 1 aromatic heterocycles. The lowest BCUT2D eigenvalue weighted by Crippen LogP contribution is -2.12. The van der Waals surface area contributed by atoms with Gasteiger partial charge in [-0.05, 0) is 59.5 Å². The SMILES string of the molecule is O=C(CCc1ccc(Cl)c(Cl)c1)Nc1ccc(-c2ccncc2)cc1. The number of amides is 1. The molecule has 1 N–H and O–H groups in total. The van der Waals surface area contributed by atoms with E-state index in [2.05, 4.69) is 10.3 Å². The quantitative estimate of drug-likeness (QED) is 0.632.